The first-order valence-corrected chi connectivity index (χ1v) is 8.88. The van der Waals surface area contributed by atoms with E-state index < -0.39 is 0 Å². The Kier molecular flexibility index (Phi) is 6.19. The van der Waals surface area contributed by atoms with E-state index in [2.05, 4.69) is 32.7 Å². The third kappa shape index (κ3) is 4.80. The number of likely N-dealkylation sites (N-methyl/N-ethyl adjacent to an activating group) is 1. The number of amides is 2. The number of nitrogens with zero attached hydrogens (tertiary/aromatic N) is 3. The minimum atomic E-state index is -0.264. The Balaban J connectivity index is 1.60. The number of urea groups is 1. The van der Waals surface area contributed by atoms with Crippen LogP contribution in [0.2, 0.25) is 0 Å². The van der Waals surface area contributed by atoms with E-state index in [0.717, 1.165) is 19.7 Å². The third-order valence-electron chi connectivity index (χ3n) is 4.28. The average Bonchev–Trinajstić information content (AvgIpc) is 3.02. The number of hydrogen-bond acceptors (Lipinski definition) is 6. The summed E-state index contributed by atoms with van der Waals surface area (Å²) in [6.45, 7) is 5.72. The summed E-state index contributed by atoms with van der Waals surface area (Å²) in [5, 5.41) is 9.70. The normalized spacial score (nSPS) is 18.3. The van der Waals surface area contributed by atoms with Gasteiger partial charge in [-0.05, 0) is 19.2 Å². The summed E-state index contributed by atoms with van der Waals surface area (Å²) in [4.78, 5) is 18.9. The van der Waals surface area contributed by atoms with Gasteiger partial charge < -0.3 is 24.8 Å². The molecule has 26 heavy (non-hydrogen) atoms. The molecule has 1 saturated heterocycles. The molecule has 0 radical (unpaired) electrons. The molecule has 8 heteroatoms. The fourth-order valence-electron chi connectivity index (χ4n) is 2.87. The van der Waals surface area contributed by atoms with Crippen LogP contribution < -0.4 is 10.6 Å². The number of nitrogens with one attached hydrogen (secondary N) is 2. The predicted octanol–water partition coefficient (Wildman–Crippen LogP) is 2.00. The molecule has 1 atom stereocenters. The van der Waals surface area contributed by atoms with Crippen molar-refractivity contribution in [2.75, 3.05) is 45.2 Å². The van der Waals surface area contributed by atoms with Crippen molar-refractivity contribution >= 4 is 11.7 Å². The van der Waals surface area contributed by atoms with E-state index >= 15 is 0 Å². The Morgan fingerprint density at radius 1 is 1.38 bits per heavy atom. The van der Waals surface area contributed by atoms with Gasteiger partial charge in [0, 0.05) is 32.0 Å². The number of aromatic nitrogens is 2. The van der Waals surface area contributed by atoms with Crippen LogP contribution in [0.5, 0.6) is 0 Å². The highest BCUT2D eigenvalue weighted by atomic mass is 16.5. The summed E-state index contributed by atoms with van der Waals surface area (Å²) in [6, 6.07) is 7.11. The number of anilines is 1. The quantitative estimate of drug-likeness (QED) is 0.848. The number of hydrogen-bond donors (Lipinski definition) is 2. The van der Waals surface area contributed by atoms with Crippen LogP contribution in [0.4, 0.5) is 10.5 Å². The Labute approximate surface area is 152 Å². The van der Waals surface area contributed by atoms with Gasteiger partial charge in [0.15, 0.2) is 5.82 Å². The van der Waals surface area contributed by atoms with Gasteiger partial charge in [0.2, 0.25) is 0 Å². The molecule has 1 unspecified atom stereocenters. The summed E-state index contributed by atoms with van der Waals surface area (Å²) in [5.41, 5.74) is 1.33. The zero-order valence-corrected chi connectivity index (χ0v) is 15.2. The highest BCUT2D eigenvalue weighted by Gasteiger charge is 2.18. The van der Waals surface area contributed by atoms with E-state index in [9.17, 15) is 4.79 Å². The van der Waals surface area contributed by atoms with Crippen molar-refractivity contribution in [3.8, 4) is 11.5 Å². The molecule has 2 heterocycles. The third-order valence-corrected chi connectivity index (χ3v) is 4.28. The number of para-hydroxylation sites is 1. The van der Waals surface area contributed by atoms with Crippen molar-refractivity contribution in [3.63, 3.8) is 0 Å². The molecule has 0 saturated carbocycles. The van der Waals surface area contributed by atoms with Gasteiger partial charge in [-0.15, -0.1) is 0 Å². The lowest BCUT2D eigenvalue weighted by Gasteiger charge is -2.19. The maximum atomic E-state index is 12.3. The second-order valence-electron chi connectivity index (χ2n) is 6.45. The average molecular weight is 359 g/mol. The lowest BCUT2D eigenvalue weighted by Crippen LogP contribution is -2.37. The molecular weight excluding hydrogens is 334 g/mol. The van der Waals surface area contributed by atoms with Crippen LogP contribution in [0, 0.1) is 5.92 Å². The maximum absolute atomic E-state index is 12.3. The van der Waals surface area contributed by atoms with Crippen molar-refractivity contribution in [2.24, 2.45) is 5.92 Å². The molecule has 8 nitrogen and oxygen atoms in total. The monoisotopic (exact) mass is 359 g/mol. The summed E-state index contributed by atoms with van der Waals surface area (Å²) >= 11 is 0. The summed E-state index contributed by atoms with van der Waals surface area (Å²) in [5.74, 6) is 1.31. The van der Waals surface area contributed by atoms with E-state index in [-0.39, 0.29) is 11.9 Å². The Morgan fingerprint density at radius 3 is 3.04 bits per heavy atom. The predicted molar refractivity (Wildman–Crippen MR) is 97.9 cm³/mol. The van der Waals surface area contributed by atoms with Crippen LogP contribution in [-0.2, 0) is 11.2 Å². The van der Waals surface area contributed by atoms with Gasteiger partial charge in [-0.25, -0.2) is 4.79 Å². The molecule has 2 amide bonds. The first-order valence-electron chi connectivity index (χ1n) is 8.88. The zero-order chi connectivity index (χ0) is 18.4. The van der Waals surface area contributed by atoms with Crippen molar-refractivity contribution in [2.45, 2.75) is 13.3 Å². The van der Waals surface area contributed by atoms with Crippen molar-refractivity contribution in [1.29, 1.82) is 0 Å². The summed E-state index contributed by atoms with van der Waals surface area (Å²) < 4.78 is 10.9. The molecule has 2 aromatic rings. The Morgan fingerprint density at radius 2 is 2.23 bits per heavy atom. The van der Waals surface area contributed by atoms with Crippen LogP contribution in [0.25, 0.3) is 11.5 Å². The first kappa shape index (κ1) is 18.3. The van der Waals surface area contributed by atoms with E-state index in [4.69, 9.17) is 9.26 Å². The van der Waals surface area contributed by atoms with Crippen LogP contribution in [-0.4, -0.2) is 61.0 Å². The first-order chi connectivity index (χ1) is 12.7. The lowest BCUT2D eigenvalue weighted by molar-refractivity contribution is 0.122. The lowest BCUT2D eigenvalue weighted by atomic mass is 10.1. The second kappa shape index (κ2) is 8.77. The van der Waals surface area contributed by atoms with Gasteiger partial charge >= 0.3 is 6.03 Å². The number of benzene rings is 1. The van der Waals surface area contributed by atoms with Gasteiger partial charge in [0.05, 0.1) is 24.5 Å². The molecular formula is C18H25N5O3. The van der Waals surface area contributed by atoms with Gasteiger partial charge in [0.25, 0.3) is 5.89 Å². The molecule has 1 fully saturated rings. The van der Waals surface area contributed by atoms with Crippen LogP contribution >= 0.6 is 0 Å². The van der Waals surface area contributed by atoms with Crippen molar-refractivity contribution < 1.29 is 14.1 Å². The minimum absolute atomic E-state index is 0.264. The number of ether oxygens (including phenoxy) is 1. The molecule has 0 aliphatic carbocycles. The Bertz CT molecular complexity index is 733. The standard InChI is InChI=1S/C18H25N5O3/c1-3-16-21-17(26-22-16)14-6-4-5-7-15(14)20-18(24)19-10-13-11-23(2)8-9-25-12-13/h4-7,13H,3,8-12H2,1-2H3,(H2,19,20,24). The fourth-order valence-corrected chi connectivity index (χ4v) is 2.87. The van der Waals surface area contributed by atoms with Crippen LogP contribution in [0.1, 0.15) is 12.7 Å². The smallest absolute Gasteiger partial charge is 0.319 e. The zero-order valence-electron chi connectivity index (χ0n) is 15.2. The van der Waals surface area contributed by atoms with E-state index in [0.29, 0.717) is 42.5 Å². The number of rotatable bonds is 5. The molecule has 2 N–H and O–H groups in total. The SMILES string of the molecule is CCc1noc(-c2ccccc2NC(=O)NCC2COCCN(C)C2)n1. The van der Waals surface area contributed by atoms with Gasteiger partial charge in [-0.1, -0.05) is 24.2 Å². The summed E-state index contributed by atoms with van der Waals surface area (Å²) in [7, 11) is 2.06. The van der Waals surface area contributed by atoms with E-state index in [1.165, 1.54) is 0 Å². The fraction of sp³-hybridized carbons (Fsp3) is 0.500. The highest BCUT2D eigenvalue weighted by molar-refractivity contribution is 5.93. The van der Waals surface area contributed by atoms with Gasteiger partial charge in [-0.2, -0.15) is 4.98 Å². The maximum Gasteiger partial charge on any atom is 0.319 e. The van der Waals surface area contributed by atoms with E-state index in [1.807, 2.05) is 31.2 Å². The molecule has 3 rings (SSSR count). The molecule has 140 valence electrons. The summed E-state index contributed by atoms with van der Waals surface area (Å²) in [6.07, 6.45) is 0.692. The van der Waals surface area contributed by atoms with Crippen LogP contribution in [0.15, 0.2) is 28.8 Å². The molecule has 1 aromatic carbocycles. The van der Waals surface area contributed by atoms with Crippen LogP contribution in [0.3, 0.4) is 0 Å². The topological polar surface area (TPSA) is 92.5 Å². The molecule has 0 spiro atoms. The molecule has 1 aliphatic heterocycles. The molecule has 0 bridgehead atoms. The Hall–Kier alpha value is -2.45. The highest BCUT2D eigenvalue weighted by Crippen LogP contribution is 2.26. The van der Waals surface area contributed by atoms with Gasteiger partial charge in [-0.3, -0.25) is 0 Å². The number of aryl methyl sites for hydroxylation is 1. The second-order valence-corrected chi connectivity index (χ2v) is 6.45. The molecule has 1 aliphatic rings. The largest absolute Gasteiger partial charge is 0.380 e. The van der Waals surface area contributed by atoms with Crippen molar-refractivity contribution in [3.05, 3.63) is 30.1 Å². The van der Waals surface area contributed by atoms with Gasteiger partial charge in [0.1, 0.15) is 0 Å². The van der Waals surface area contributed by atoms with E-state index in [1.54, 1.807) is 0 Å². The minimum Gasteiger partial charge on any atom is -0.380 e. The van der Waals surface area contributed by atoms with Crippen molar-refractivity contribution in [1.82, 2.24) is 20.4 Å². The number of carbonyl (C=O) groups excluding carboxylic acids is 1. The molecule has 1 aromatic heterocycles. The number of carbonyl (C=O) groups is 1.